The first-order valence-electron chi connectivity index (χ1n) is 5.69. The van der Waals surface area contributed by atoms with E-state index in [4.69, 9.17) is 22.7 Å². The third-order valence-electron chi connectivity index (χ3n) is 3.06. The van der Waals surface area contributed by atoms with Gasteiger partial charge in [-0.15, -0.1) is 0 Å². The highest BCUT2D eigenvalue weighted by Gasteiger charge is 2.23. The lowest BCUT2D eigenvalue weighted by molar-refractivity contribution is -0.134. The number of nitrogens with zero attached hydrogens (tertiary/aromatic N) is 1. The van der Waals surface area contributed by atoms with Gasteiger partial charge >= 0.3 is 0 Å². The van der Waals surface area contributed by atoms with Crippen LogP contribution < -0.4 is 5.73 Å². The van der Waals surface area contributed by atoms with Gasteiger partial charge in [-0.2, -0.15) is 0 Å². The maximum absolute atomic E-state index is 11.9. The molecule has 1 aliphatic rings. The molecule has 2 atom stereocenters. The van der Waals surface area contributed by atoms with Crippen molar-refractivity contribution in [3.8, 4) is 0 Å². The first-order chi connectivity index (χ1) is 7.52. The molecule has 92 valence electrons. The summed E-state index contributed by atoms with van der Waals surface area (Å²) in [7, 11) is 1.73. The molecule has 0 aromatic rings. The van der Waals surface area contributed by atoms with Gasteiger partial charge in [0.25, 0.3) is 0 Å². The van der Waals surface area contributed by atoms with Crippen molar-refractivity contribution in [2.75, 3.05) is 13.7 Å². The van der Waals surface area contributed by atoms with Gasteiger partial charge in [0.1, 0.15) is 0 Å². The highest BCUT2D eigenvalue weighted by atomic mass is 32.1. The van der Waals surface area contributed by atoms with Crippen LogP contribution in [0.15, 0.2) is 0 Å². The van der Waals surface area contributed by atoms with Crippen molar-refractivity contribution < 1.29 is 9.53 Å². The predicted molar refractivity (Wildman–Crippen MR) is 67.2 cm³/mol. The molecule has 0 bridgehead atoms. The van der Waals surface area contributed by atoms with Crippen LogP contribution in [0, 0.1) is 0 Å². The number of amides is 1. The average molecular weight is 244 g/mol. The fraction of sp³-hybridized carbons (Fsp3) is 0.818. The molecule has 4 nitrogen and oxygen atoms in total. The van der Waals surface area contributed by atoms with Gasteiger partial charge in [0.15, 0.2) is 0 Å². The van der Waals surface area contributed by atoms with Gasteiger partial charge in [0.05, 0.1) is 23.6 Å². The van der Waals surface area contributed by atoms with Crippen molar-refractivity contribution in [1.29, 1.82) is 0 Å². The molecule has 5 heteroatoms. The van der Waals surface area contributed by atoms with Crippen LogP contribution in [0.5, 0.6) is 0 Å². The van der Waals surface area contributed by atoms with E-state index in [0.29, 0.717) is 11.4 Å². The van der Waals surface area contributed by atoms with E-state index in [1.165, 1.54) is 0 Å². The zero-order valence-corrected chi connectivity index (χ0v) is 10.8. The van der Waals surface area contributed by atoms with Gasteiger partial charge in [-0.25, -0.2) is 0 Å². The molecule has 1 fully saturated rings. The van der Waals surface area contributed by atoms with Crippen molar-refractivity contribution in [3.63, 3.8) is 0 Å². The van der Waals surface area contributed by atoms with Gasteiger partial charge in [-0.1, -0.05) is 12.2 Å². The lowest BCUT2D eigenvalue weighted by atomic mass is 10.1. The second kappa shape index (κ2) is 6.15. The molecular weight excluding hydrogens is 224 g/mol. The molecule has 0 aromatic heterocycles. The maximum atomic E-state index is 11.9. The van der Waals surface area contributed by atoms with Crippen LogP contribution in [0.25, 0.3) is 0 Å². The lowest BCUT2D eigenvalue weighted by Gasteiger charge is -2.27. The molecule has 0 saturated carbocycles. The fourth-order valence-electron chi connectivity index (χ4n) is 1.71. The minimum Gasteiger partial charge on any atom is -0.392 e. The Labute approximate surface area is 102 Å². The normalized spacial score (nSPS) is 22.5. The summed E-state index contributed by atoms with van der Waals surface area (Å²) < 4.78 is 5.53. The number of ether oxygens (including phenoxy) is 1. The fourth-order valence-corrected chi connectivity index (χ4v) is 1.87. The number of hydrogen-bond donors (Lipinski definition) is 1. The standard InChI is InChI=1S/C11H20N2O2S/c1-8(11(12)16)13(2)10(14)7-9-5-3-4-6-15-9/h8-9H,3-7H2,1-2H3,(H2,12,16). The van der Waals surface area contributed by atoms with Crippen LogP contribution in [0.1, 0.15) is 32.6 Å². The first kappa shape index (κ1) is 13.4. The van der Waals surface area contributed by atoms with Crippen LogP contribution in [0.4, 0.5) is 0 Å². The monoisotopic (exact) mass is 244 g/mol. The molecule has 16 heavy (non-hydrogen) atoms. The molecule has 0 aromatic carbocycles. The number of hydrogen-bond acceptors (Lipinski definition) is 3. The molecule has 2 unspecified atom stereocenters. The largest absolute Gasteiger partial charge is 0.392 e. The maximum Gasteiger partial charge on any atom is 0.225 e. The highest BCUT2D eigenvalue weighted by molar-refractivity contribution is 7.80. The first-order valence-corrected chi connectivity index (χ1v) is 6.09. The van der Waals surface area contributed by atoms with E-state index in [1.807, 2.05) is 6.92 Å². The summed E-state index contributed by atoms with van der Waals surface area (Å²) in [6.45, 7) is 2.61. The third kappa shape index (κ3) is 3.72. The van der Waals surface area contributed by atoms with Crippen LogP contribution in [0.3, 0.4) is 0 Å². The Morgan fingerprint density at radius 2 is 2.31 bits per heavy atom. The van der Waals surface area contributed by atoms with Gasteiger partial charge in [0.2, 0.25) is 5.91 Å². The molecule has 1 saturated heterocycles. The molecule has 0 radical (unpaired) electrons. The van der Waals surface area contributed by atoms with Crippen molar-refractivity contribution in [3.05, 3.63) is 0 Å². The van der Waals surface area contributed by atoms with Crippen LogP contribution in [-0.4, -0.2) is 41.6 Å². The Hall–Kier alpha value is -0.680. The lowest BCUT2D eigenvalue weighted by Crippen LogP contribution is -2.44. The third-order valence-corrected chi connectivity index (χ3v) is 3.40. The number of likely N-dealkylation sites (N-methyl/N-ethyl adjacent to an activating group) is 1. The Balaban J connectivity index is 2.41. The number of thiocarbonyl (C=S) groups is 1. The van der Waals surface area contributed by atoms with Crippen LogP contribution in [0.2, 0.25) is 0 Å². The number of rotatable bonds is 4. The van der Waals surface area contributed by atoms with Crippen molar-refractivity contribution in [2.45, 2.75) is 44.8 Å². The summed E-state index contributed by atoms with van der Waals surface area (Å²) in [5, 5.41) is 0. The van der Waals surface area contributed by atoms with Crippen molar-refractivity contribution in [1.82, 2.24) is 4.90 Å². The minimum absolute atomic E-state index is 0.0483. The molecule has 1 amide bonds. The van der Waals surface area contributed by atoms with E-state index >= 15 is 0 Å². The SMILES string of the molecule is CC(C(N)=S)N(C)C(=O)CC1CCCCO1. The Kier molecular flexibility index (Phi) is 5.15. The molecular formula is C11H20N2O2S. The van der Waals surface area contributed by atoms with E-state index in [2.05, 4.69) is 0 Å². The highest BCUT2D eigenvalue weighted by Crippen LogP contribution is 2.16. The van der Waals surface area contributed by atoms with Gasteiger partial charge in [0, 0.05) is 13.7 Å². The number of carbonyl (C=O) groups excluding carboxylic acids is 1. The molecule has 1 rings (SSSR count). The van der Waals surface area contributed by atoms with Crippen molar-refractivity contribution in [2.24, 2.45) is 5.73 Å². The second-order valence-corrected chi connectivity index (χ2v) is 4.75. The summed E-state index contributed by atoms with van der Waals surface area (Å²) in [6, 6.07) is -0.189. The number of nitrogens with two attached hydrogens (primary N) is 1. The zero-order valence-electron chi connectivity index (χ0n) is 9.94. The van der Waals surface area contributed by atoms with Crippen LogP contribution >= 0.6 is 12.2 Å². The van der Waals surface area contributed by atoms with E-state index in [-0.39, 0.29) is 18.1 Å². The Morgan fingerprint density at radius 1 is 1.62 bits per heavy atom. The Bertz CT molecular complexity index is 265. The van der Waals surface area contributed by atoms with Crippen LogP contribution in [-0.2, 0) is 9.53 Å². The summed E-state index contributed by atoms with van der Waals surface area (Å²) in [5.41, 5.74) is 5.51. The second-order valence-electron chi connectivity index (χ2n) is 4.28. The van der Waals surface area contributed by atoms with Gasteiger partial charge < -0.3 is 15.4 Å². The van der Waals surface area contributed by atoms with E-state index in [9.17, 15) is 4.79 Å². The smallest absolute Gasteiger partial charge is 0.225 e. The quantitative estimate of drug-likeness (QED) is 0.752. The predicted octanol–water partition coefficient (Wildman–Crippen LogP) is 1.08. The molecule has 1 heterocycles. The summed E-state index contributed by atoms with van der Waals surface area (Å²) >= 11 is 4.87. The van der Waals surface area contributed by atoms with E-state index < -0.39 is 0 Å². The summed E-state index contributed by atoms with van der Waals surface area (Å²) in [4.78, 5) is 13.8. The zero-order chi connectivity index (χ0) is 12.1. The summed E-state index contributed by atoms with van der Waals surface area (Å²) in [6.07, 6.45) is 3.73. The number of carbonyl (C=O) groups is 1. The van der Waals surface area contributed by atoms with Gasteiger partial charge in [-0.3, -0.25) is 4.79 Å². The summed E-state index contributed by atoms with van der Waals surface area (Å²) in [5.74, 6) is 0.0483. The topological polar surface area (TPSA) is 55.6 Å². The molecule has 0 aliphatic carbocycles. The van der Waals surface area contributed by atoms with Gasteiger partial charge in [-0.05, 0) is 26.2 Å². The van der Waals surface area contributed by atoms with Crippen molar-refractivity contribution >= 4 is 23.1 Å². The Morgan fingerprint density at radius 3 is 2.81 bits per heavy atom. The molecule has 0 spiro atoms. The average Bonchev–Trinajstić information content (AvgIpc) is 2.28. The molecule has 1 aliphatic heterocycles. The molecule has 2 N–H and O–H groups in total. The van der Waals surface area contributed by atoms with E-state index in [0.717, 1.165) is 25.9 Å². The van der Waals surface area contributed by atoms with E-state index in [1.54, 1.807) is 11.9 Å². The minimum atomic E-state index is -0.189.